The summed E-state index contributed by atoms with van der Waals surface area (Å²) in [6, 6.07) is 11.6. The Balaban J connectivity index is 1.68. The Labute approximate surface area is 167 Å². The highest BCUT2D eigenvalue weighted by Gasteiger charge is 2.12. The Hall–Kier alpha value is -2.80. The third kappa shape index (κ3) is 5.36. The van der Waals surface area contributed by atoms with Crippen molar-refractivity contribution in [2.24, 2.45) is 0 Å². The molecule has 0 spiro atoms. The van der Waals surface area contributed by atoms with E-state index in [1.165, 1.54) is 12.1 Å². The number of nitrogens with zero attached hydrogens (tertiary/aromatic N) is 2. The van der Waals surface area contributed by atoms with Crippen LogP contribution in [0.5, 0.6) is 10.9 Å². The van der Waals surface area contributed by atoms with E-state index >= 15 is 0 Å². The van der Waals surface area contributed by atoms with E-state index in [-0.39, 0.29) is 11.7 Å². The molecule has 5 nitrogen and oxygen atoms in total. The zero-order valence-electron chi connectivity index (χ0n) is 15.9. The second-order valence-corrected chi connectivity index (χ2v) is 7.19. The number of nitrogens with one attached hydrogen (secondary N) is 1. The zero-order valence-corrected chi connectivity index (χ0v) is 16.7. The van der Waals surface area contributed by atoms with Gasteiger partial charge in [-0.3, -0.25) is 4.79 Å². The van der Waals surface area contributed by atoms with E-state index in [9.17, 15) is 9.18 Å². The molecule has 3 rings (SSSR count). The molecule has 7 heteroatoms. The minimum atomic E-state index is -0.270. The topological polar surface area (TPSA) is 64.1 Å². The molecule has 0 fully saturated rings. The third-order valence-corrected chi connectivity index (χ3v) is 4.82. The molecule has 2 aromatic carbocycles. The molecule has 0 aliphatic carbocycles. The molecular formula is C21H22FN3O2S. The number of hydrogen-bond acceptors (Lipinski definition) is 5. The first-order valence-corrected chi connectivity index (χ1v) is 9.96. The molecule has 28 heavy (non-hydrogen) atoms. The van der Waals surface area contributed by atoms with Crippen LogP contribution >= 0.6 is 11.5 Å². The van der Waals surface area contributed by atoms with Gasteiger partial charge in [0.2, 0.25) is 0 Å². The van der Waals surface area contributed by atoms with Gasteiger partial charge in [-0.2, -0.15) is 9.36 Å². The highest BCUT2D eigenvalue weighted by molar-refractivity contribution is 7.07. The molecule has 0 saturated carbocycles. The van der Waals surface area contributed by atoms with Crippen molar-refractivity contribution >= 4 is 17.4 Å². The van der Waals surface area contributed by atoms with Crippen molar-refractivity contribution in [3.05, 3.63) is 70.8 Å². The number of aryl methyl sites for hydroxylation is 1. The van der Waals surface area contributed by atoms with Crippen LogP contribution in [-0.2, 0) is 6.42 Å². The van der Waals surface area contributed by atoms with Crippen LogP contribution in [0, 0.1) is 12.7 Å². The number of aromatic nitrogens is 2. The summed E-state index contributed by atoms with van der Waals surface area (Å²) in [6.45, 7) is 4.65. The first-order chi connectivity index (χ1) is 13.5. The lowest BCUT2D eigenvalue weighted by Gasteiger charge is -2.09. The van der Waals surface area contributed by atoms with Crippen molar-refractivity contribution in [1.82, 2.24) is 14.7 Å². The lowest BCUT2D eigenvalue weighted by atomic mass is 10.1. The van der Waals surface area contributed by atoms with Gasteiger partial charge in [-0.1, -0.05) is 31.5 Å². The predicted molar refractivity (Wildman–Crippen MR) is 108 cm³/mol. The quantitative estimate of drug-likeness (QED) is 0.547. The molecule has 0 bridgehead atoms. The van der Waals surface area contributed by atoms with Crippen molar-refractivity contribution in [2.45, 2.75) is 33.1 Å². The van der Waals surface area contributed by atoms with Crippen LogP contribution in [0.2, 0.25) is 0 Å². The number of halogens is 1. The van der Waals surface area contributed by atoms with E-state index in [1.54, 1.807) is 24.3 Å². The summed E-state index contributed by atoms with van der Waals surface area (Å²) in [5.74, 6) is 0.797. The molecule has 0 unspecified atom stereocenters. The SMILES string of the molecule is CCCCNC(=O)c1ccc(C)c(Oc2nc(Cc3ccc(F)cc3)ns2)c1. The Morgan fingerprint density at radius 3 is 2.75 bits per heavy atom. The summed E-state index contributed by atoms with van der Waals surface area (Å²) < 4.78 is 23.2. The van der Waals surface area contributed by atoms with E-state index in [4.69, 9.17) is 4.74 Å². The van der Waals surface area contributed by atoms with Crippen LogP contribution in [-0.4, -0.2) is 21.8 Å². The number of carbonyl (C=O) groups excluding carboxylic acids is 1. The number of carbonyl (C=O) groups is 1. The van der Waals surface area contributed by atoms with Crippen LogP contribution in [0.1, 0.15) is 47.1 Å². The summed E-state index contributed by atoms with van der Waals surface area (Å²) in [7, 11) is 0. The molecule has 3 aromatic rings. The number of benzene rings is 2. The monoisotopic (exact) mass is 399 g/mol. The minimum Gasteiger partial charge on any atom is -0.430 e. The van der Waals surface area contributed by atoms with Crippen LogP contribution in [0.3, 0.4) is 0 Å². The summed E-state index contributed by atoms with van der Waals surface area (Å²) >= 11 is 1.15. The molecule has 1 N–H and O–H groups in total. The molecule has 1 amide bonds. The highest BCUT2D eigenvalue weighted by atomic mass is 32.1. The van der Waals surface area contributed by atoms with Gasteiger partial charge >= 0.3 is 0 Å². The maximum Gasteiger partial charge on any atom is 0.298 e. The van der Waals surface area contributed by atoms with Crippen molar-refractivity contribution < 1.29 is 13.9 Å². The van der Waals surface area contributed by atoms with E-state index in [0.717, 1.165) is 35.5 Å². The average Bonchev–Trinajstić information content (AvgIpc) is 3.12. The first-order valence-electron chi connectivity index (χ1n) is 9.19. The average molecular weight is 399 g/mol. The van der Waals surface area contributed by atoms with Gasteiger partial charge in [0, 0.05) is 30.1 Å². The standard InChI is InChI=1S/C21H22FN3O2S/c1-3-4-11-23-20(26)16-8-5-14(2)18(13-16)27-21-24-19(25-28-21)12-15-6-9-17(22)10-7-15/h5-10,13H,3-4,11-12H2,1-2H3,(H,23,26). The van der Waals surface area contributed by atoms with Crippen LogP contribution in [0.15, 0.2) is 42.5 Å². The fourth-order valence-corrected chi connectivity index (χ4v) is 3.12. The fourth-order valence-electron chi connectivity index (χ4n) is 2.56. The summed E-state index contributed by atoms with van der Waals surface area (Å²) in [6.07, 6.45) is 2.47. The summed E-state index contributed by atoms with van der Waals surface area (Å²) in [5, 5.41) is 3.31. The maximum atomic E-state index is 13.0. The van der Waals surface area contributed by atoms with Gasteiger partial charge in [-0.15, -0.1) is 0 Å². The number of hydrogen-bond donors (Lipinski definition) is 1. The zero-order chi connectivity index (χ0) is 19.9. The number of unbranched alkanes of at least 4 members (excludes halogenated alkanes) is 1. The van der Waals surface area contributed by atoms with E-state index in [1.807, 2.05) is 13.0 Å². The highest BCUT2D eigenvalue weighted by Crippen LogP contribution is 2.28. The lowest BCUT2D eigenvalue weighted by molar-refractivity contribution is 0.0953. The molecule has 1 heterocycles. The van der Waals surface area contributed by atoms with Crippen molar-refractivity contribution in [3.63, 3.8) is 0 Å². The minimum absolute atomic E-state index is 0.118. The molecule has 0 aliphatic rings. The maximum absolute atomic E-state index is 13.0. The largest absolute Gasteiger partial charge is 0.430 e. The molecular weight excluding hydrogens is 377 g/mol. The number of ether oxygens (including phenoxy) is 1. The molecule has 0 aliphatic heterocycles. The second-order valence-electron chi connectivity index (χ2n) is 6.47. The number of rotatable bonds is 8. The van der Waals surface area contributed by atoms with Crippen molar-refractivity contribution in [2.75, 3.05) is 6.54 Å². The Morgan fingerprint density at radius 2 is 2.00 bits per heavy atom. The molecule has 0 radical (unpaired) electrons. The molecule has 0 atom stereocenters. The Morgan fingerprint density at radius 1 is 1.21 bits per heavy atom. The van der Waals surface area contributed by atoms with Gasteiger partial charge in [-0.25, -0.2) is 4.39 Å². The van der Waals surface area contributed by atoms with Gasteiger partial charge in [-0.05, 0) is 48.7 Å². The van der Waals surface area contributed by atoms with Crippen LogP contribution in [0.25, 0.3) is 0 Å². The van der Waals surface area contributed by atoms with E-state index in [0.29, 0.717) is 35.3 Å². The van der Waals surface area contributed by atoms with E-state index < -0.39 is 0 Å². The third-order valence-electron chi connectivity index (χ3n) is 4.19. The van der Waals surface area contributed by atoms with Crippen molar-refractivity contribution in [1.29, 1.82) is 0 Å². The smallest absolute Gasteiger partial charge is 0.298 e. The number of amides is 1. The van der Waals surface area contributed by atoms with E-state index in [2.05, 4.69) is 21.6 Å². The van der Waals surface area contributed by atoms with Gasteiger partial charge in [0.1, 0.15) is 11.6 Å². The molecule has 146 valence electrons. The fraction of sp³-hybridized carbons (Fsp3) is 0.286. The lowest BCUT2D eigenvalue weighted by Crippen LogP contribution is -2.24. The second kappa shape index (κ2) is 9.41. The molecule has 0 saturated heterocycles. The summed E-state index contributed by atoms with van der Waals surface area (Å²) in [4.78, 5) is 16.6. The van der Waals surface area contributed by atoms with Gasteiger partial charge in [0.25, 0.3) is 11.1 Å². The first kappa shape index (κ1) is 19.9. The van der Waals surface area contributed by atoms with Crippen LogP contribution in [0.4, 0.5) is 4.39 Å². The molecule has 1 aromatic heterocycles. The summed E-state index contributed by atoms with van der Waals surface area (Å²) in [5.41, 5.74) is 2.38. The normalized spacial score (nSPS) is 10.7. The van der Waals surface area contributed by atoms with Gasteiger partial charge in [0.15, 0.2) is 5.82 Å². The van der Waals surface area contributed by atoms with Gasteiger partial charge in [0.05, 0.1) is 0 Å². The Bertz CT molecular complexity index is 941. The van der Waals surface area contributed by atoms with Crippen LogP contribution < -0.4 is 10.1 Å². The van der Waals surface area contributed by atoms with Crippen molar-refractivity contribution in [3.8, 4) is 10.9 Å². The predicted octanol–water partition coefficient (Wildman–Crippen LogP) is 4.90. The Kier molecular flexibility index (Phi) is 6.71. The van der Waals surface area contributed by atoms with Gasteiger partial charge < -0.3 is 10.1 Å².